The number of rotatable bonds is 6. The molecule has 2 rings (SSSR count). The van der Waals surface area contributed by atoms with Crippen LogP contribution in [0.2, 0.25) is 0 Å². The molecule has 2 aromatic rings. The number of nitrogens with one attached hydrogen (secondary N) is 1. The van der Waals surface area contributed by atoms with E-state index in [4.69, 9.17) is 15.2 Å². The molecular formula is C14H17N3O3S. The fourth-order valence-electron chi connectivity index (χ4n) is 1.82. The van der Waals surface area contributed by atoms with Crippen molar-refractivity contribution in [3.8, 4) is 11.5 Å². The number of aromatic nitrogens is 1. The molecule has 7 heteroatoms. The summed E-state index contributed by atoms with van der Waals surface area (Å²) in [7, 11) is 3.17. The number of nitrogens with zero attached hydrogens (tertiary/aromatic N) is 1. The molecule has 1 amide bonds. The molecule has 0 radical (unpaired) electrons. The number of carbonyl (C=O) groups excluding carboxylic acids is 1. The Labute approximate surface area is 126 Å². The van der Waals surface area contributed by atoms with Gasteiger partial charge in [0.2, 0.25) is 5.91 Å². The zero-order chi connectivity index (χ0) is 15.2. The number of hydrogen-bond acceptors (Lipinski definition) is 6. The highest BCUT2D eigenvalue weighted by Crippen LogP contribution is 2.24. The maximum Gasteiger partial charge on any atom is 0.226 e. The van der Waals surface area contributed by atoms with Crippen LogP contribution in [-0.2, 0) is 17.8 Å². The van der Waals surface area contributed by atoms with Crippen molar-refractivity contribution in [3.05, 3.63) is 34.8 Å². The molecule has 1 aromatic heterocycles. The predicted molar refractivity (Wildman–Crippen MR) is 81.6 cm³/mol. The molecule has 0 bridgehead atoms. The smallest absolute Gasteiger partial charge is 0.226 e. The number of nitrogen functional groups attached to an aromatic ring is 1. The Hall–Kier alpha value is -2.28. The predicted octanol–water partition coefficient (Wildman–Crippen LogP) is 1.60. The lowest BCUT2D eigenvalue weighted by Gasteiger charge is -2.11. The van der Waals surface area contributed by atoms with E-state index in [0.29, 0.717) is 28.9 Å². The molecule has 0 saturated carbocycles. The maximum atomic E-state index is 11.9. The number of thiazole rings is 1. The molecule has 1 heterocycles. The molecule has 0 unspecified atom stereocenters. The van der Waals surface area contributed by atoms with Crippen LogP contribution < -0.4 is 20.5 Å². The van der Waals surface area contributed by atoms with E-state index >= 15 is 0 Å². The van der Waals surface area contributed by atoms with Crippen LogP contribution in [-0.4, -0.2) is 25.1 Å². The van der Waals surface area contributed by atoms with E-state index in [1.807, 2.05) is 12.1 Å². The second-order valence-corrected chi connectivity index (χ2v) is 5.20. The van der Waals surface area contributed by atoms with Gasteiger partial charge in [-0.2, -0.15) is 0 Å². The molecule has 0 aliphatic carbocycles. The van der Waals surface area contributed by atoms with Gasteiger partial charge >= 0.3 is 0 Å². The van der Waals surface area contributed by atoms with Crippen molar-refractivity contribution in [1.29, 1.82) is 0 Å². The van der Waals surface area contributed by atoms with Crippen LogP contribution in [0.25, 0.3) is 0 Å². The highest BCUT2D eigenvalue weighted by molar-refractivity contribution is 7.13. The molecule has 0 atom stereocenters. The fourth-order valence-corrected chi connectivity index (χ4v) is 2.39. The quantitative estimate of drug-likeness (QED) is 0.846. The number of benzene rings is 1. The van der Waals surface area contributed by atoms with Crippen LogP contribution in [0.1, 0.15) is 11.3 Å². The number of methoxy groups -OCH3 is 2. The van der Waals surface area contributed by atoms with Crippen LogP contribution in [0.3, 0.4) is 0 Å². The minimum atomic E-state index is -0.113. The van der Waals surface area contributed by atoms with Gasteiger partial charge in [-0.15, -0.1) is 11.3 Å². The average molecular weight is 307 g/mol. The van der Waals surface area contributed by atoms with Gasteiger partial charge in [0.25, 0.3) is 0 Å². The van der Waals surface area contributed by atoms with Crippen molar-refractivity contribution in [1.82, 2.24) is 10.3 Å². The van der Waals surface area contributed by atoms with Crippen LogP contribution >= 0.6 is 11.3 Å². The topological polar surface area (TPSA) is 86.5 Å². The van der Waals surface area contributed by atoms with Crippen molar-refractivity contribution < 1.29 is 14.3 Å². The van der Waals surface area contributed by atoms with Gasteiger partial charge in [0.15, 0.2) is 5.13 Å². The Morgan fingerprint density at radius 1 is 1.38 bits per heavy atom. The normalized spacial score (nSPS) is 10.2. The molecule has 0 spiro atoms. The summed E-state index contributed by atoms with van der Waals surface area (Å²) in [5.74, 6) is 1.27. The fraction of sp³-hybridized carbons (Fsp3) is 0.286. The van der Waals surface area contributed by atoms with Crippen molar-refractivity contribution in [2.75, 3.05) is 20.0 Å². The summed E-state index contributed by atoms with van der Waals surface area (Å²) in [5, 5.41) is 5.08. The summed E-state index contributed by atoms with van der Waals surface area (Å²) >= 11 is 1.32. The average Bonchev–Trinajstić information content (AvgIpc) is 2.90. The number of nitrogens with two attached hydrogens (primary N) is 1. The van der Waals surface area contributed by atoms with Gasteiger partial charge in [0, 0.05) is 23.6 Å². The first-order chi connectivity index (χ1) is 10.1. The molecule has 0 fully saturated rings. The SMILES string of the molecule is COc1ccc(CNC(=O)Cc2csc(N)n2)c(OC)c1. The Bertz CT molecular complexity index is 628. The lowest BCUT2D eigenvalue weighted by molar-refractivity contribution is -0.120. The Morgan fingerprint density at radius 2 is 2.19 bits per heavy atom. The van der Waals surface area contributed by atoms with Gasteiger partial charge in [0.1, 0.15) is 11.5 Å². The van der Waals surface area contributed by atoms with Crippen LogP contribution in [0.4, 0.5) is 5.13 Å². The lowest BCUT2D eigenvalue weighted by atomic mass is 10.2. The molecule has 21 heavy (non-hydrogen) atoms. The van der Waals surface area contributed by atoms with Gasteiger partial charge in [-0.25, -0.2) is 4.98 Å². The second-order valence-electron chi connectivity index (χ2n) is 4.31. The van der Waals surface area contributed by atoms with Crippen LogP contribution in [0, 0.1) is 0 Å². The third kappa shape index (κ3) is 4.09. The zero-order valence-corrected chi connectivity index (χ0v) is 12.7. The van der Waals surface area contributed by atoms with E-state index in [-0.39, 0.29) is 12.3 Å². The Balaban J connectivity index is 1.94. The van der Waals surface area contributed by atoms with Crippen molar-refractivity contribution in [2.45, 2.75) is 13.0 Å². The summed E-state index contributed by atoms with van der Waals surface area (Å²) < 4.78 is 10.4. The second kappa shape index (κ2) is 6.94. The van der Waals surface area contributed by atoms with Gasteiger partial charge in [-0.3, -0.25) is 4.79 Å². The van der Waals surface area contributed by atoms with Crippen molar-refractivity contribution in [2.24, 2.45) is 0 Å². The van der Waals surface area contributed by atoms with Crippen molar-refractivity contribution >= 4 is 22.4 Å². The Kier molecular flexibility index (Phi) is 4.99. The van der Waals surface area contributed by atoms with Crippen LogP contribution in [0.5, 0.6) is 11.5 Å². The van der Waals surface area contributed by atoms with Crippen molar-refractivity contribution in [3.63, 3.8) is 0 Å². The first-order valence-electron chi connectivity index (χ1n) is 6.30. The summed E-state index contributed by atoms with van der Waals surface area (Å²) in [5.41, 5.74) is 7.09. The highest BCUT2D eigenvalue weighted by atomic mass is 32.1. The zero-order valence-electron chi connectivity index (χ0n) is 11.9. The summed E-state index contributed by atoms with van der Waals surface area (Å²) in [6, 6.07) is 5.46. The molecule has 6 nitrogen and oxygen atoms in total. The molecule has 0 saturated heterocycles. The van der Waals surface area contributed by atoms with Gasteiger partial charge in [0.05, 0.1) is 26.3 Å². The maximum absolute atomic E-state index is 11.9. The van der Waals surface area contributed by atoms with Gasteiger partial charge in [-0.05, 0) is 12.1 Å². The summed E-state index contributed by atoms with van der Waals surface area (Å²) in [6.45, 7) is 0.381. The van der Waals surface area contributed by atoms with E-state index in [1.165, 1.54) is 11.3 Å². The first-order valence-corrected chi connectivity index (χ1v) is 7.18. The minimum absolute atomic E-state index is 0.113. The molecular weight excluding hydrogens is 290 g/mol. The van der Waals surface area contributed by atoms with E-state index in [0.717, 1.165) is 5.56 Å². The molecule has 0 aliphatic rings. The molecule has 3 N–H and O–H groups in total. The number of carbonyl (C=O) groups is 1. The van der Waals surface area contributed by atoms with Gasteiger partial charge in [-0.1, -0.05) is 0 Å². The number of ether oxygens (including phenoxy) is 2. The first kappa shape index (κ1) is 15.1. The van der Waals surface area contributed by atoms with E-state index in [2.05, 4.69) is 10.3 Å². The van der Waals surface area contributed by atoms with E-state index in [9.17, 15) is 4.79 Å². The number of amides is 1. The van der Waals surface area contributed by atoms with Gasteiger partial charge < -0.3 is 20.5 Å². The Morgan fingerprint density at radius 3 is 2.81 bits per heavy atom. The van der Waals surface area contributed by atoms with E-state index < -0.39 is 0 Å². The molecule has 1 aromatic carbocycles. The highest BCUT2D eigenvalue weighted by Gasteiger charge is 2.09. The standard InChI is InChI=1S/C14H17N3O3S/c1-19-11-4-3-9(12(6-11)20-2)7-16-13(18)5-10-8-21-14(15)17-10/h3-4,6,8H,5,7H2,1-2H3,(H2,15,17)(H,16,18). The lowest BCUT2D eigenvalue weighted by Crippen LogP contribution is -2.24. The number of hydrogen-bond donors (Lipinski definition) is 2. The molecule has 0 aliphatic heterocycles. The largest absolute Gasteiger partial charge is 0.497 e. The van der Waals surface area contributed by atoms with E-state index in [1.54, 1.807) is 25.7 Å². The minimum Gasteiger partial charge on any atom is -0.497 e. The summed E-state index contributed by atoms with van der Waals surface area (Å²) in [4.78, 5) is 15.9. The third-order valence-corrected chi connectivity index (χ3v) is 3.60. The molecule has 112 valence electrons. The number of anilines is 1. The van der Waals surface area contributed by atoms with Crippen LogP contribution in [0.15, 0.2) is 23.6 Å². The summed E-state index contributed by atoms with van der Waals surface area (Å²) in [6.07, 6.45) is 0.214. The third-order valence-electron chi connectivity index (χ3n) is 2.88. The monoisotopic (exact) mass is 307 g/mol.